The van der Waals surface area contributed by atoms with Crippen molar-refractivity contribution >= 4 is 33.4 Å². The van der Waals surface area contributed by atoms with Gasteiger partial charge in [0.25, 0.3) is 11.5 Å². The van der Waals surface area contributed by atoms with E-state index >= 15 is 0 Å². The Balaban J connectivity index is 1.53. The first-order chi connectivity index (χ1) is 14.9. The van der Waals surface area contributed by atoms with Gasteiger partial charge in [0.15, 0.2) is 0 Å². The Bertz CT molecular complexity index is 1180. The van der Waals surface area contributed by atoms with Crippen LogP contribution >= 0.6 is 11.3 Å². The number of nitrogens with one attached hydrogen (secondary N) is 1. The molecule has 0 saturated carbocycles. The zero-order valence-electron chi connectivity index (χ0n) is 17.2. The summed E-state index contributed by atoms with van der Waals surface area (Å²) in [5.74, 6) is -0.746. The van der Waals surface area contributed by atoms with Crippen LogP contribution in [0.5, 0.6) is 0 Å². The standard InChI is InChI=1S/C22H23FN4O3S/c1-14-18-21(31-19(14)20(29)24-11-15-5-7-16(23)8-6-15)25-13-27(22(18)30)12-17(28)26-9-3-2-4-10-26/h5-8,13H,2-4,9-12H2,1H3,(H,24,29). The van der Waals surface area contributed by atoms with Crippen LogP contribution in [-0.2, 0) is 17.9 Å². The number of hydrogen-bond acceptors (Lipinski definition) is 5. The SMILES string of the molecule is Cc1c(C(=O)NCc2ccc(F)cc2)sc2ncn(CC(=O)N3CCCCC3)c(=O)c12. The maximum atomic E-state index is 13.0. The summed E-state index contributed by atoms with van der Waals surface area (Å²) >= 11 is 1.15. The number of aromatic nitrogens is 2. The number of fused-ring (bicyclic) bond motifs is 1. The molecule has 4 rings (SSSR count). The molecule has 31 heavy (non-hydrogen) atoms. The van der Waals surface area contributed by atoms with Crippen molar-refractivity contribution in [3.05, 3.63) is 62.8 Å². The molecule has 2 aromatic heterocycles. The summed E-state index contributed by atoms with van der Waals surface area (Å²) in [6, 6.07) is 5.88. The molecule has 0 spiro atoms. The normalized spacial score (nSPS) is 14.1. The number of nitrogens with zero attached hydrogens (tertiary/aromatic N) is 3. The van der Waals surface area contributed by atoms with Crippen LogP contribution in [-0.4, -0.2) is 39.4 Å². The van der Waals surface area contributed by atoms with Crippen LogP contribution in [0.3, 0.4) is 0 Å². The maximum Gasteiger partial charge on any atom is 0.262 e. The lowest BCUT2D eigenvalue weighted by molar-refractivity contribution is -0.132. The van der Waals surface area contributed by atoms with Crippen LogP contribution in [0.15, 0.2) is 35.4 Å². The molecule has 1 N–H and O–H groups in total. The van der Waals surface area contributed by atoms with Crippen molar-refractivity contribution < 1.29 is 14.0 Å². The minimum absolute atomic E-state index is 0.0524. The monoisotopic (exact) mass is 442 g/mol. The van der Waals surface area contributed by atoms with Crippen LogP contribution in [0.25, 0.3) is 10.2 Å². The minimum atomic E-state index is -0.337. The molecule has 1 fully saturated rings. The molecule has 1 saturated heterocycles. The topological polar surface area (TPSA) is 84.3 Å². The molecule has 0 unspecified atom stereocenters. The number of rotatable bonds is 5. The molecule has 162 valence electrons. The second kappa shape index (κ2) is 8.97. The van der Waals surface area contributed by atoms with E-state index in [-0.39, 0.29) is 36.3 Å². The smallest absolute Gasteiger partial charge is 0.262 e. The first kappa shape index (κ1) is 21.2. The van der Waals surface area contributed by atoms with E-state index in [1.54, 1.807) is 24.0 Å². The predicted octanol–water partition coefficient (Wildman–Crippen LogP) is 2.85. The fourth-order valence-electron chi connectivity index (χ4n) is 3.74. The zero-order valence-corrected chi connectivity index (χ0v) is 18.0. The van der Waals surface area contributed by atoms with Crippen molar-refractivity contribution in [3.8, 4) is 0 Å². The van der Waals surface area contributed by atoms with Crippen molar-refractivity contribution in [2.45, 2.75) is 39.3 Å². The van der Waals surface area contributed by atoms with E-state index < -0.39 is 0 Å². The molecular formula is C22H23FN4O3S. The number of amides is 2. The lowest BCUT2D eigenvalue weighted by Gasteiger charge is -2.26. The van der Waals surface area contributed by atoms with Crippen molar-refractivity contribution in [1.82, 2.24) is 19.8 Å². The van der Waals surface area contributed by atoms with Crippen LogP contribution in [0, 0.1) is 12.7 Å². The van der Waals surface area contributed by atoms with Gasteiger partial charge in [-0.05, 0) is 49.4 Å². The first-order valence-electron chi connectivity index (χ1n) is 10.2. The van der Waals surface area contributed by atoms with Gasteiger partial charge in [0, 0.05) is 19.6 Å². The fourth-order valence-corrected chi connectivity index (χ4v) is 4.80. The lowest BCUT2D eigenvalue weighted by atomic mass is 10.1. The second-order valence-electron chi connectivity index (χ2n) is 7.66. The van der Waals surface area contributed by atoms with E-state index in [0.29, 0.717) is 20.7 Å². The van der Waals surface area contributed by atoms with Crippen LogP contribution in [0.1, 0.15) is 40.1 Å². The van der Waals surface area contributed by atoms with Gasteiger partial charge in [-0.1, -0.05) is 12.1 Å². The minimum Gasteiger partial charge on any atom is -0.347 e. The van der Waals surface area contributed by atoms with Crippen molar-refractivity contribution in [2.75, 3.05) is 13.1 Å². The number of halogens is 1. The molecule has 0 aliphatic carbocycles. The van der Waals surface area contributed by atoms with Gasteiger partial charge in [-0.3, -0.25) is 19.0 Å². The van der Waals surface area contributed by atoms with Crippen molar-refractivity contribution in [2.24, 2.45) is 0 Å². The summed E-state index contributed by atoms with van der Waals surface area (Å²) < 4.78 is 14.3. The average Bonchev–Trinajstić information content (AvgIpc) is 3.13. The molecule has 3 aromatic rings. The Kier molecular flexibility index (Phi) is 6.13. The Hall–Kier alpha value is -3.07. The average molecular weight is 443 g/mol. The highest BCUT2D eigenvalue weighted by molar-refractivity contribution is 7.20. The summed E-state index contributed by atoms with van der Waals surface area (Å²) in [7, 11) is 0. The highest BCUT2D eigenvalue weighted by atomic mass is 32.1. The van der Waals surface area contributed by atoms with Crippen molar-refractivity contribution in [3.63, 3.8) is 0 Å². The molecule has 9 heteroatoms. The Morgan fingerprint density at radius 3 is 2.58 bits per heavy atom. The number of benzene rings is 1. The van der Waals surface area contributed by atoms with E-state index in [4.69, 9.17) is 0 Å². The third-order valence-electron chi connectivity index (χ3n) is 5.50. The van der Waals surface area contributed by atoms with Gasteiger partial charge in [-0.25, -0.2) is 9.37 Å². The molecule has 1 aliphatic heterocycles. The predicted molar refractivity (Wildman–Crippen MR) is 117 cm³/mol. The second-order valence-corrected chi connectivity index (χ2v) is 8.66. The molecule has 2 amide bonds. The maximum absolute atomic E-state index is 13.0. The van der Waals surface area contributed by atoms with E-state index in [1.165, 1.54) is 23.0 Å². The molecule has 0 radical (unpaired) electrons. The van der Waals surface area contributed by atoms with Crippen LogP contribution in [0.4, 0.5) is 4.39 Å². The molecule has 1 aliphatic rings. The molecule has 0 atom stereocenters. The molecule has 3 heterocycles. The lowest BCUT2D eigenvalue weighted by Crippen LogP contribution is -2.39. The van der Waals surface area contributed by atoms with E-state index in [1.807, 2.05) is 0 Å². The molecule has 0 bridgehead atoms. The summed E-state index contributed by atoms with van der Waals surface area (Å²) in [5.41, 5.74) is 1.00. The van der Waals surface area contributed by atoms with Gasteiger partial charge in [0.1, 0.15) is 17.2 Å². The van der Waals surface area contributed by atoms with Gasteiger partial charge in [-0.2, -0.15) is 0 Å². The molecule has 7 nitrogen and oxygen atoms in total. The Morgan fingerprint density at radius 2 is 1.87 bits per heavy atom. The Labute approximate surface area is 182 Å². The van der Waals surface area contributed by atoms with Gasteiger partial charge in [0.05, 0.1) is 16.6 Å². The summed E-state index contributed by atoms with van der Waals surface area (Å²) in [6.45, 7) is 3.35. The van der Waals surface area contributed by atoms with Gasteiger partial charge < -0.3 is 10.2 Å². The largest absolute Gasteiger partial charge is 0.347 e. The Morgan fingerprint density at radius 1 is 1.16 bits per heavy atom. The third kappa shape index (κ3) is 4.51. The van der Waals surface area contributed by atoms with E-state index in [0.717, 1.165) is 49.3 Å². The highest BCUT2D eigenvalue weighted by Gasteiger charge is 2.21. The zero-order chi connectivity index (χ0) is 22.0. The van der Waals surface area contributed by atoms with E-state index in [9.17, 15) is 18.8 Å². The number of hydrogen-bond donors (Lipinski definition) is 1. The fraction of sp³-hybridized carbons (Fsp3) is 0.364. The van der Waals surface area contributed by atoms with Crippen LogP contribution in [0.2, 0.25) is 0 Å². The number of carbonyl (C=O) groups excluding carboxylic acids is 2. The first-order valence-corrected chi connectivity index (χ1v) is 11.0. The van der Waals surface area contributed by atoms with E-state index in [2.05, 4.69) is 10.3 Å². The van der Waals surface area contributed by atoms with Crippen molar-refractivity contribution in [1.29, 1.82) is 0 Å². The molecule has 1 aromatic carbocycles. The number of piperidine rings is 1. The van der Waals surface area contributed by atoms with Crippen LogP contribution < -0.4 is 10.9 Å². The van der Waals surface area contributed by atoms with Gasteiger partial charge in [0.2, 0.25) is 5.91 Å². The number of aryl methyl sites for hydroxylation is 1. The summed E-state index contributed by atoms with van der Waals surface area (Å²) in [6.07, 6.45) is 4.47. The third-order valence-corrected chi connectivity index (χ3v) is 6.70. The number of likely N-dealkylation sites (tertiary alicyclic amines) is 1. The molecular weight excluding hydrogens is 419 g/mol. The highest BCUT2D eigenvalue weighted by Crippen LogP contribution is 2.26. The summed E-state index contributed by atoms with van der Waals surface area (Å²) in [5, 5.41) is 3.16. The number of carbonyl (C=O) groups is 2. The summed E-state index contributed by atoms with van der Waals surface area (Å²) in [4.78, 5) is 45.2. The van der Waals surface area contributed by atoms with Gasteiger partial charge in [-0.15, -0.1) is 11.3 Å². The number of thiophene rings is 1. The van der Waals surface area contributed by atoms with Gasteiger partial charge >= 0.3 is 0 Å². The quantitative estimate of drug-likeness (QED) is 0.659.